The van der Waals surface area contributed by atoms with Gasteiger partial charge in [0.1, 0.15) is 6.04 Å². The van der Waals surface area contributed by atoms with Crippen molar-refractivity contribution in [3.63, 3.8) is 0 Å². The number of carbonyl (C=O) groups is 2. The van der Waals surface area contributed by atoms with Crippen molar-refractivity contribution < 1.29 is 14.7 Å². The summed E-state index contributed by atoms with van der Waals surface area (Å²) in [5.74, 6) is -1.45. The molecule has 1 aromatic rings. The lowest BCUT2D eigenvalue weighted by Crippen LogP contribution is -2.50. The van der Waals surface area contributed by atoms with Gasteiger partial charge < -0.3 is 16.6 Å². The minimum Gasteiger partial charge on any atom is -0.480 e. The van der Waals surface area contributed by atoms with Gasteiger partial charge in [0, 0.05) is 5.69 Å². The third-order valence-corrected chi connectivity index (χ3v) is 3.30. The number of rotatable bonds is 8. The van der Waals surface area contributed by atoms with Gasteiger partial charge in [-0.2, -0.15) is 0 Å². The van der Waals surface area contributed by atoms with Crippen LogP contribution >= 0.6 is 0 Å². The first-order valence-electron chi connectivity index (χ1n) is 7.05. The highest BCUT2D eigenvalue weighted by atomic mass is 16.4. The maximum Gasteiger partial charge on any atom is 0.326 e. The molecule has 0 heterocycles. The molecule has 0 aliphatic carbocycles. The summed E-state index contributed by atoms with van der Waals surface area (Å²) < 4.78 is 0. The quantitative estimate of drug-likeness (QED) is 0.618. The highest BCUT2D eigenvalue weighted by molar-refractivity contribution is 6.01. The van der Waals surface area contributed by atoms with Crippen molar-refractivity contribution in [2.75, 3.05) is 11.4 Å². The number of hydrogen-bond acceptors (Lipinski definition) is 4. The van der Waals surface area contributed by atoms with E-state index in [1.54, 1.807) is 30.3 Å². The molecule has 1 amide bonds. The topological polar surface area (TPSA) is 110 Å². The number of nitrogens with two attached hydrogens (primary N) is 2. The zero-order valence-electron chi connectivity index (χ0n) is 12.2. The number of aliphatic carboxylic acids is 1. The van der Waals surface area contributed by atoms with Crippen LogP contribution in [0.2, 0.25) is 0 Å². The summed E-state index contributed by atoms with van der Waals surface area (Å²) in [6, 6.07) is 7.01. The highest BCUT2D eigenvalue weighted by Crippen LogP contribution is 2.19. The molecule has 21 heavy (non-hydrogen) atoms. The van der Waals surface area contributed by atoms with E-state index in [0.29, 0.717) is 18.7 Å². The molecule has 0 aliphatic rings. The van der Waals surface area contributed by atoms with Crippen LogP contribution in [0.15, 0.2) is 30.3 Å². The number of anilines is 1. The number of carboxylic acids is 1. The molecule has 0 unspecified atom stereocenters. The van der Waals surface area contributed by atoms with Gasteiger partial charge in [-0.25, -0.2) is 4.79 Å². The van der Waals surface area contributed by atoms with Gasteiger partial charge in [-0.15, -0.1) is 0 Å². The maximum absolute atomic E-state index is 12.5. The fraction of sp³-hybridized carbons (Fsp3) is 0.467. The first-order chi connectivity index (χ1) is 9.99. The second kappa shape index (κ2) is 8.39. The molecule has 6 heteroatoms. The van der Waals surface area contributed by atoms with Crippen molar-refractivity contribution in [1.82, 2.24) is 0 Å². The van der Waals surface area contributed by atoms with Gasteiger partial charge in [0.25, 0.3) is 0 Å². The Labute approximate surface area is 124 Å². The lowest BCUT2D eigenvalue weighted by molar-refractivity contribution is -0.139. The lowest BCUT2D eigenvalue weighted by Gasteiger charge is -2.29. The first-order valence-corrected chi connectivity index (χ1v) is 7.05. The molecule has 0 saturated heterocycles. The molecule has 5 N–H and O–H groups in total. The van der Waals surface area contributed by atoms with Gasteiger partial charge >= 0.3 is 5.97 Å². The Morgan fingerprint density at radius 1 is 1.24 bits per heavy atom. The van der Waals surface area contributed by atoms with E-state index in [1.165, 1.54) is 11.8 Å². The monoisotopic (exact) mass is 293 g/mol. The molecule has 0 radical (unpaired) electrons. The summed E-state index contributed by atoms with van der Waals surface area (Å²) in [5.41, 5.74) is 11.9. The number of benzene rings is 1. The SMILES string of the molecule is C[C@@H](C(=O)O)N(C(=O)[C@@H](N)CCCCN)c1ccccc1. The molecule has 0 bridgehead atoms. The molecule has 2 atom stereocenters. The normalized spacial score (nSPS) is 13.5. The number of para-hydroxylation sites is 1. The molecule has 0 saturated carbocycles. The van der Waals surface area contributed by atoms with Crippen molar-refractivity contribution >= 4 is 17.6 Å². The summed E-state index contributed by atoms with van der Waals surface area (Å²) in [5, 5.41) is 9.21. The van der Waals surface area contributed by atoms with Crippen molar-refractivity contribution in [2.24, 2.45) is 11.5 Å². The number of hydrogen-bond donors (Lipinski definition) is 3. The lowest BCUT2D eigenvalue weighted by atomic mass is 10.1. The van der Waals surface area contributed by atoms with Crippen LogP contribution in [0.5, 0.6) is 0 Å². The van der Waals surface area contributed by atoms with Gasteiger partial charge in [-0.1, -0.05) is 24.6 Å². The minimum atomic E-state index is -1.07. The second-order valence-electron chi connectivity index (χ2n) is 4.95. The van der Waals surface area contributed by atoms with Crippen LogP contribution in [0, 0.1) is 0 Å². The number of nitrogens with zero attached hydrogens (tertiary/aromatic N) is 1. The van der Waals surface area contributed by atoms with Gasteiger partial charge in [-0.3, -0.25) is 9.69 Å². The van der Waals surface area contributed by atoms with Crippen molar-refractivity contribution in [2.45, 2.75) is 38.3 Å². The van der Waals surface area contributed by atoms with Gasteiger partial charge in [0.05, 0.1) is 6.04 Å². The predicted molar refractivity (Wildman–Crippen MR) is 81.9 cm³/mol. The van der Waals surface area contributed by atoms with E-state index < -0.39 is 18.1 Å². The summed E-state index contributed by atoms with van der Waals surface area (Å²) in [7, 11) is 0. The average Bonchev–Trinajstić information content (AvgIpc) is 2.48. The van der Waals surface area contributed by atoms with Crippen LogP contribution in [-0.4, -0.2) is 35.6 Å². The fourth-order valence-corrected chi connectivity index (χ4v) is 2.05. The molecular formula is C15H23N3O3. The van der Waals surface area contributed by atoms with E-state index in [0.717, 1.165) is 12.8 Å². The van der Waals surface area contributed by atoms with Crippen molar-refractivity contribution in [3.8, 4) is 0 Å². The Morgan fingerprint density at radius 2 is 1.86 bits per heavy atom. The summed E-state index contributed by atoms with van der Waals surface area (Å²) in [6.07, 6.45) is 2.03. The largest absolute Gasteiger partial charge is 0.480 e. The van der Waals surface area contributed by atoms with Crippen LogP contribution in [0.25, 0.3) is 0 Å². The minimum absolute atomic E-state index is 0.381. The number of unbranched alkanes of at least 4 members (excludes halogenated alkanes) is 1. The third-order valence-electron chi connectivity index (χ3n) is 3.30. The Morgan fingerprint density at radius 3 is 2.38 bits per heavy atom. The smallest absolute Gasteiger partial charge is 0.326 e. The van der Waals surface area contributed by atoms with E-state index in [1.807, 2.05) is 0 Å². The molecule has 0 spiro atoms. The van der Waals surface area contributed by atoms with Crippen LogP contribution < -0.4 is 16.4 Å². The predicted octanol–water partition coefficient (Wildman–Crippen LogP) is 0.949. The second-order valence-corrected chi connectivity index (χ2v) is 4.95. The zero-order valence-corrected chi connectivity index (χ0v) is 12.2. The van der Waals surface area contributed by atoms with Crippen LogP contribution in [-0.2, 0) is 9.59 Å². The van der Waals surface area contributed by atoms with Gasteiger partial charge in [-0.05, 0) is 38.4 Å². The fourth-order valence-electron chi connectivity index (χ4n) is 2.05. The Balaban J connectivity index is 2.91. The number of carbonyl (C=O) groups excluding carboxylic acids is 1. The van der Waals surface area contributed by atoms with Gasteiger partial charge in [0.15, 0.2) is 0 Å². The molecule has 0 aromatic heterocycles. The first kappa shape index (κ1) is 17.1. The number of carboxylic acid groups (broad SMARTS) is 1. The molecule has 6 nitrogen and oxygen atoms in total. The molecular weight excluding hydrogens is 270 g/mol. The summed E-state index contributed by atoms with van der Waals surface area (Å²) >= 11 is 0. The van der Waals surface area contributed by atoms with E-state index in [9.17, 15) is 14.7 Å². The molecule has 0 fully saturated rings. The Kier molecular flexibility index (Phi) is 6.84. The van der Waals surface area contributed by atoms with Crippen molar-refractivity contribution in [1.29, 1.82) is 0 Å². The highest BCUT2D eigenvalue weighted by Gasteiger charge is 2.30. The van der Waals surface area contributed by atoms with E-state index >= 15 is 0 Å². The van der Waals surface area contributed by atoms with Gasteiger partial charge in [0.2, 0.25) is 5.91 Å². The zero-order chi connectivity index (χ0) is 15.8. The molecule has 0 aliphatic heterocycles. The van der Waals surface area contributed by atoms with Crippen LogP contribution in [0.3, 0.4) is 0 Å². The Hall–Kier alpha value is -1.92. The summed E-state index contributed by atoms with van der Waals surface area (Å²) in [4.78, 5) is 25.0. The average molecular weight is 293 g/mol. The van der Waals surface area contributed by atoms with Crippen LogP contribution in [0.1, 0.15) is 26.2 Å². The summed E-state index contributed by atoms with van der Waals surface area (Å²) in [6.45, 7) is 2.02. The molecule has 1 rings (SSSR count). The van der Waals surface area contributed by atoms with E-state index in [2.05, 4.69) is 0 Å². The van der Waals surface area contributed by atoms with E-state index in [-0.39, 0.29) is 5.91 Å². The third kappa shape index (κ3) is 4.84. The van der Waals surface area contributed by atoms with E-state index in [4.69, 9.17) is 11.5 Å². The molecule has 116 valence electrons. The Bertz CT molecular complexity index is 464. The maximum atomic E-state index is 12.5. The standard InChI is InChI=1S/C15H23N3O3/c1-11(15(20)21)18(12-7-3-2-4-8-12)14(19)13(17)9-5-6-10-16/h2-4,7-8,11,13H,5-6,9-10,16-17H2,1H3,(H,20,21)/t11-,13-/m0/s1. The van der Waals surface area contributed by atoms with Crippen molar-refractivity contribution in [3.05, 3.63) is 30.3 Å². The molecule has 1 aromatic carbocycles. The number of amides is 1. The van der Waals surface area contributed by atoms with Crippen LogP contribution in [0.4, 0.5) is 5.69 Å².